The summed E-state index contributed by atoms with van der Waals surface area (Å²) in [6.45, 7) is 1.77. The minimum Gasteiger partial charge on any atom is -0.496 e. The van der Waals surface area contributed by atoms with Gasteiger partial charge in [-0.25, -0.2) is 9.71 Å². The number of carbonyl (C=O) groups is 1. The number of nitrogens with one attached hydrogen (secondary N) is 1. The number of nitrogens with zero attached hydrogens (tertiary/aromatic N) is 2. The van der Waals surface area contributed by atoms with E-state index in [4.69, 9.17) is 4.74 Å². The lowest BCUT2D eigenvalue weighted by molar-refractivity contribution is -0.121. The van der Waals surface area contributed by atoms with Gasteiger partial charge in [-0.05, 0) is 61.4 Å². The van der Waals surface area contributed by atoms with Gasteiger partial charge in [0.05, 0.1) is 13.0 Å². The Bertz CT molecular complexity index is 1280. The molecule has 0 radical (unpaired) electrons. The first kappa shape index (κ1) is 19.1. The quantitative estimate of drug-likeness (QED) is 0.679. The summed E-state index contributed by atoms with van der Waals surface area (Å²) in [5.41, 5.74) is 4.45. The molecular formula is C22H23N3O4S. The molecule has 0 bridgehead atoms. The smallest absolute Gasteiger partial charge is 0.280 e. The maximum atomic E-state index is 13.0. The highest BCUT2D eigenvalue weighted by molar-refractivity contribution is 7.90. The van der Waals surface area contributed by atoms with Crippen LogP contribution in [-0.2, 0) is 21.2 Å². The highest BCUT2D eigenvalue weighted by Crippen LogP contribution is 2.49. The lowest BCUT2D eigenvalue weighted by atomic mass is 9.68. The Morgan fingerprint density at radius 1 is 1.23 bits per heavy atom. The number of ether oxygens (including phenoxy) is 1. The van der Waals surface area contributed by atoms with E-state index < -0.39 is 21.8 Å². The van der Waals surface area contributed by atoms with Gasteiger partial charge in [0.2, 0.25) is 5.91 Å². The zero-order valence-corrected chi connectivity index (χ0v) is 17.7. The van der Waals surface area contributed by atoms with Crippen LogP contribution in [0.5, 0.6) is 5.75 Å². The van der Waals surface area contributed by atoms with Crippen LogP contribution < -0.4 is 9.46 Å². The first-order chi connectivity index (χ1) is 14.4. The molecule has 156 valence electrons. The molecule has 30 heavy (non-hydrogen) atoms. The third-order valence-electron chi connectivity index (χ3n) is 6.37. The average Bonchev–Trinajstić information content (AvgIpc) is 3.02. The van der Waals surface area contributed by atoms with Crippen LogP contribution in [0.2, 0.25) is 0 Å². The lowest BCUT2D eigenvalue weighted by Crippen LogP contribution is -2.40. The van der Waals surface area contributed by atoms with Gasteiger partial charge in [0.25, 0.3) is 10.0 Å². The molecule has 0 spiro atoms. The van der Waals surface area contributed by atoms with Crippen LogP contribution >= 0.6 is 0 Å². The van der Waals surface area contributed by atoms with Crippen LogP contribution in [0.25, 0.3) is 5.65 Å². The number of rotatable bonds is 5. The summed E-state index contributed by atoms with van der Waals surface area (Å²) < 4.78 is 35.4. The summed E-state index contributed by atoms with van der Waals surface area (Å²) in [6.07, 6.45) is 5.70. The molecule has 7 nitrogen and oxygen atoms in total. The second-order valence-electron chi connectivity index (χ2n) is 8.06. The van der Waals surface area contributed by atoms with Crippen molar-refractivity contribution in [2.45, 2.75) is 49.5 Å². The first-order valence-corrected chi connectivity index (χ1v) is 11.6. The number of carbonyl (C=O) groups excluding carboxylic acids is 1. The molecule has 1 N–H and O–H groups in total. The van der Waals surface area contributed by atoms with Crippen LogP contribution in [0.15, 0.2) is 41.6 Å². The fraction of sp³-hybridized carbons (Fsp3) is 0.364. The molecule has 1 saturated carbocycles. The van der Waals surface area contributed by atoms with Gasteiger partial charge >= 0.3 is 0 Å². The van der Waals surface area contributed by atoms with Gasteiger partial charge in [0.1, 0.15) is 11.4 Å². The van der Waals surface area contributed by atoms with E-state index in [9.17, 15) is 13.2 Å². The maximum absolute atomic E-state index is 13.0. The average molecular weight is 426 g/mol. The van der Waals surface area contributed by atoms with Crippen LogP contribution in [0.1, 0.15) is 53.5 Å². The number of imidazole rings is 1. The van der Waals surface area contributed by atoms with E-state index >= 15 is 0 Å². The zero-order valence-electron chi connectivity index (χ0n) is 16.9. The van der Waals surface area contributed by atoms with Crippen LogP contribution in [-0.4, -0.2) is 30.8 Å². The van der Waals surface area contributed by atoms with Crippen molar-refractivity contribution in [3.63, 3.8) is 0 Å². The SMILES string of the molecule is COc1ccc(C2CCC2)c2c1[C@H](C(=O)NS(=O)(=O)c1cccc3ncc(C)n13)C2. The molecule has 1 amide bonds. The van der Waals surface area contributed by atoms with Gasteiger partial charge < -0.3 is 4.74 Å². The predicted molar refractivity (Wildman–Crippen MR) is 111 cm³/mol. The highest BCUT2D eigenvalue weighted by Gasteiger charge is 2.40. The van der Waals surface area contributed by atoms with Crippen molar-refractivity contribution in [1.29, 1.82) is 0 Å². The van der Waals surface area contributed by atoms with Gasteiger partial charge in [-0.1, -0.05) is 18.6 Å². The molecule has 2 aliphatic carbocycles. The third kappa shape index (κ3) is 2.81. The monoisotopic (exact) mass is 425 g/mol. The summed E-state index contributed by atoms with van der Waals surface area (Å²) in [5.74, 6) is 0.123. The summed E-state index contributed by atoms with van der Waals surface area (Å²) >= 11 is 0. The van der Waals surface area contributed by atoms with E-state index in [1.807, 2.05) is 6.07 Å². The Balaban J connectivity index is 1.46. The molecular weight excluding hydrogens is 402 g/mol. The van der Waals surface area contributed by atoms with Crippen molar-refractivity contribution >= 4 is 21.6 Å². The number of hydrogen-bond donors (Lipinski definition) is 1. The number of sulfonamides is 1. The topological polar surface area (TPSA) is 89.8 Å². The largest absolute Gasteiger partial charge is 0.496 e. The summed E-state index contributed by atoms with van der Waals surface area (Å²) in [4.78, 5) is 17.2. The number of hydrogen-bond acceptors (Lipinski definition) is 5. The number of pyridine rings is 1. The van der Waals surface area contributed by atoms with Crippen molar-refractivity contribution in [2.24, 2.45) is 0 Å². The Hall–Kier alpha value is -2.87. The number of methoxy groups -OCH3 is 1. The van der Waals surface area contributed by atoms with Gasteiger partial charge in [0, 0.05) is 17.5 Å². The molecule has 1 aromatic carbocycles. The molecule has 8 heteroatoms. The number of aromatic nitrogens is 2. The van der Waals surface area contributed by atoms with E-state index in [-0.39, 0.29) is 5.03 Å². The van der Waals surface area contributed by atoms with E-state index in [1.54, 1.807) is 32.4 Å². The molecule has 1 atom stereocenters. The maximum Gasteiger partial charge on any atom is 0.280 e. The Kier molecular flexibility index (Phi) is 4.36. The number of fused-ring (bicyclic) bond motifs is 2. The summed E-state index contributed by atoms with van der Waals surface area (Å²) in [7, 11) is -2.48. The van der Waals surface area contributed by atoms with Crippen LogP contribution in [0.4, 0.5) is 0 Å². The molecule has 1 fully saturated rings. The van der Waals surface area contributed by atoms with Crippen molar-refractivity contribution in [3.8, 4) is 5.75 Å². The van der Waals surface area contributed by atoms with Gasteiger partial charge in [0.15, 0.2) is 5.03 Å². The molecule has 5 rings (SSSR count). The molecule has 2 heterocycles. The standard InChI is InChI=1S/C22H23N3O4S/c1-13-12-23-19-7-4-8-20(25(13)19)30(27,28)24-22(26)17-11-16-15(14-5-3-6-14)9-10-18(29-2)21(16)17/h4,7-10,12,14,17H,3,5-6,11H2,1-2H3,(H,24,26)/t17-/m1/s1. The van der Waals surface area contributed by atoms with Crippen molar-refractivity contribution in [2.75, 3.05) is 7.11 Å². The number of aryl methyl sites for hydroxylation is 1. The second kappa shape index (κ2) is 6.84. The highest BCUT2D eigenvalue weighted by atomic mass is 32.2. The Morgan fingerprint density at radius 2 is 2.03 bits per heavy atom. The van der Waals surface area contributed by atoms with Crippen molar-refractivity contribution in [1.82, 2.24) is 14.1 Å². The van der Waals surface area contributed by atoms with Crippen molar-refractivity contribution < 1.29 is 17.9 Å². The van der Waals surface area contributed by atoms with Crippen molar-refractivity contribution in [3.05, 3.63) is 58.9 Å². The lowest BCUT2D eigenvalue weighted by Gasteiger charge is -2.37. The predicted octanol–water partition coefficient (Wildman–Crippen LogP) is 3.06. The Labute approximate surface area is 175 Å². The molecule has 0 aliphatic heterocycles. The fourth-order valence-electron chi connectivity index (χ4n) is 4.57. The normalized spacial score (nSPS) is 18.4. The van der Waals surface area contributed by atoms with Crippen LogP contribution in [0.3, 0.4) is 0 Å². The third-order valence-corrected chi connectivity index (χ3v) is 7.71. The Morgan fingerprint density at radius 3 is 2.73 bits per heavy atom. The number of benzene rings is 1. The van der Waals surface area contributed by atoms with Gasteiger partial charge in [-0.15, -0.1) is 0 Å². The van der Waals surface area contributed by atoms with E-state index in [0.29, 0.717) is 29.4 Å². The zero-order chi connectivity index (χ0) is 21.0. The van der Waals surface area contributed by atoms with E-state index in [2.05, 4.69) is 15.8 Å². The second-order valence-corrected chi connectivity index (χ2v) is 9.69. The van der Waals surface area contributed by atoms with Gasteiger partial charge in [-0.2, -0.15) is 8.42 Å². The van der Waals surface area contributed by atoms with E-state index in [1.165, 1.54) is 22.5 Å². The van der Waals surface area contributed by atoms with E-state index in [0.717, 1.165) is 24.0 Å². The molecule has 2 aromatic heterocycles. The molecule has 0 saturated heterocycles. The van der Waals surface area contributed by atoms with Crippen LogP contribution in [0, 0.1) is 6.92 Å². The summed E-state index contributed by atoms with van der Waals surface area (Å²) in [5, 5.41) is -0.00178. The summed E-state index contributed by atoms with van der Waals surface area (Å²) in [6, 6.07) is 8.81. The van der Waals surface area contributed by atoms with Gasteiger partial charge in [-0.3, -0.25) is 9.20 Å². The molecule has 2 aliphatic rings. The first-order valence-electron chi connectivity index (χ1n) is 10.1. The minimum absolute atomic E-state index is 0.00178. The molecule has 0 unspecified atom stereocenters. The minimum atomic E-state index is -4.06. The molecule has 3 aromatic rings. The number of amides is 1. The fourth-order valence-corrected chi connectivity index (χ4v) is 5.81.